The van der Waals surface area contributed by atoms with Crippen molar-refractivity contribution in [3.8, 4) is 0 Å². The van der Waals surface area contributed by atoms with Crippen LogP contribution in [0.25, 0.3) is 0 Å². The van der Waals surface area contributed by atoms with Crippen LogP contribution in [0, 0.1) is 6.92 Å². The van der Waals surface area contributed by atoms with E-state index in [4.69, 9.17) is 9.26 Å². The van der Waals surface area contributed by atoms with Gasteiger partial charge in [-0.25, -0.2) is 9.97 Å². The average molecular weight is 277 g/mol. The highest BCUT2D eigenvalue weighted by Gasteiger charge is 2.11. The van der Waals surface area contributed by atoms with Gasteiger partial charge >= 0.3 is 0 Å². The second kappa shape index (κ2) is 6.62. The van der Waals surface area contributed by atoms with Crippen LogP contribution in [0.4, 0.5) is 11.6 Å². The van der Waals surface area contributed by atoms with Gasteiger partial charge in [-0.3, -0.25) is 4.79 Å². The van der Waals surface area contributed by atoms with Crippen LogP contribution in [0.3, 0.4) is 0 Å². The molecule has 0 atom stereocenters. The maximum atomic E-state index is 12.0. The Bertz CT molecular complexity index is 584. The molecule has 0 fully saturated rings. The molecule has 1 amide bonds. The van der Waals surface area contributed by atoms with E-state index in [-0.39, 0.29) is 11.6 Å². The SMILES string of the molecule is COCCNc1cc(C(=O)Nc2cc(C)on2)ncn1. The largest absolute Gasteiger partial charge is 0.383 e. The van der Waals surface area contributed by atoms with Gasteiger partial charge in [0.05, 0.1) is 6.61 Å². The first-order valence-corrected chi connectivity index (χ1v) is 5.98. The number of amides is 1. The van der Waals surface area contributed by atoms with Gasteiger partial charge in [0, 0.05) is 25.8 Å². The molecule has 0 bridgehead atoms. The Morgan fingerprint density at radius 3 is 2.90 bits per heavy atom. The van der Waals surface area contributed by atoms with E-state index in [2.05, 4.69) is 25.8 Å². The fraction of sp³-hybridized carbons (Fsp3) is 0.333. The summed E-state index contributed by atoms with van der Waals surface area (Å²) in [6, 6.07) is 3.18. The summed E-state index contributed by atoms with van der Waals surface area (Å²) in [6.07, 6.45) is 1.32. The molecule has 0 aromatic carbocycles. The summed E-state index contributed by atoms with van der Waals surface area (Å²) in [5, 5.41) is 9.29. The lowest BCUT2D eigenvalue weighted by Crippen LogP contribution is -2.15. The van der Waals surface area contributed by atoms with Gasteiger partial charge in [-0.15, -0.1) is 0 Å². The molecule has 2 N–H and O–H groups in total. The zero-order valence-electron chi connectivity index (χ0n) is 11.2. The smallest absolute Gasteiger partial charge is 0.275 e. The first kappa shape index (κ1) is 13.9. The second-order valence-corrected chi connectivity index (χ2v) is 3.98. The lowest BCUT2D eigenvalue weighted by Gasteiger charge is -2.05. The molecule has 20 heavy (non-hydrogen) atoms. The van der Waals surface area contributed by atoms with E-state index >= 15 is 0 Å². The molecule has 0 saturated carbocycles. The highest BCUT2D eigenvalue weighted by molar-refractivity contribution is 6.02. The van der Waals surface area contributed by atoms with Crippen LogP contribution in [-0.2, 0) is 4.74 Å². The number of hydrogen-bond acceptors (Lipinski definition) is 7. The van der Waals surface area contributed by atoms with Gasteiger partial charge in [0.2, 0.25) is 0 Å². The molecule has 2 rings (SSSR count). The predicted molar refractivity (Wildman–Crippen MR) is 71.6 cm³/mol. The van der Waals surface area contributed by atoms with E-state index in [0.717, 1.165) is 0 Å². The van der Waals surface area contributed by atoms with Gasteiger partial charge in [-0.1, -0.05) is 5.16 Å². The summed E-state index contributed by atoms with van der Waals surface area (Å²) in [4.78, 5) is 19.9. The van der Waals surface area contributed by atoms with Gasteiger partial charge < -0.3 is 19.9 Å². The zero-order valence-corrected chi connectivity index (χ0v) is 11.2. The van der Waals surface area contributed by atoms with Gasteiger partial charge in [0.25, 0.3) is 5.91 Å². The van der Waals surface area contributed by atoms with Crippen molar-refractivity contribution in [3.05, 3.63) is 29.9 Å². The lowest BCUT2D eigenvalue weighted by molar-refractivity contribution is 0.102. The monoisotopic (exact) mass is 277 g/mol. The number of nitrogens with zero attached hydrogens (tertiary/aromatic N) is 3. The van der Waals surface area contributed by atoms with E-state index in [0.29, 0.717) is 30.5 Å². The van der Waals surface area contributed by atoms with Crippen molar-refractivity contribution < 1.29 is 14.1 Å². The average Bonchev–Trinajstić information content (AvgIpc) is 2.85. The molecule has 106 valence electrons. The number of anilines is 2. The summed E-state index contributed by atoms with van der Waals surface area (Å²) < 4.78 is 9.79. The number of aryl methyl sites for hydroxylation is 1. The van der Waals surface area contributed by atoms with Crippen LogP contribution in [-0.4, -0.2) is 41.3 Å². The molecule has 8 nitrogen and oxygen atoms in total. The number of methoxy groups -OCH3 is 1. The third-order valence-electron chi connectivity index (χ3n) is 2.38. The molecule has 2 heterocycles. The molecule has 2 aromatic heterocycles. The maximum Gasteiger partial charge on any atom is 0.275 e. The molecular weight excluding hydrogens is 262 g/mol. The lowest BCUT2D eigenvalue weighted by atomic mass is 10.3. The van der Waals surface area contributed by atoms with Crippen LogP contribution in [0.5, 0.6) is 0 Å². The minimum absolute atomic E-state index is 0.237. The van der Waals surface area contributed by atoms with Crippen molar-refractivity contribution in [2.45, 2.75) is 6.92 Å². The van der Waals surface area contributed by atoms with Crippen molar-refractivity contribution in [1.29, 1.82) is 0 Å². The fourth-order valence-electron chi connectivity index (χ4n) is 1.46. The van der Waals surface area contributed by atoms with Crippen LogP contribution < -0.4 is 10.6 Å². The van der Waals surface area contributed by atoms with Crippen LogP contribution in [0.2, 0.25) is 0 Å². The Hall–Kier alpha value is -2.48. The van der Waals surface area contributed by atoms with E-state index in [9.17, 15) is 4.79 Å². The molecule has 0 spiro atoms. The normalized spacial score (nSPS) is 10.3. The molecule has 8 heteroatoms. The summed E-state index contributed by atoms with van der Waals surface area (Å²) >= 11 is 0. The molecule has 2 aromatic rings. The highest BCUT2D eigenvalue weighted by Crippen LogP contribution is 2.10. The number of hydrogen-bond donors (Lipinski definition) is 2. The van der Waals surface area contributed by atoms with Crippen molar-refractivity contribution >= 4 is 17.5 Å². The van der Waals surface area contributed by atoms with Gasteiger partial charge in [-0.2, -0.15) is 0 Å². The molecule has 0 aliphatic rings. The highest BCUT2D eigenvalue weighted by atomic mass is 16.5. The van der Waals surface area contributed by atoms with Crippen molar-refractivity contribution in [1.82, 2.24) is 15.1 Å². The number of nitrogens with one attached hydrogen (secondary N) is 2. The number of carbonyl (C=O) groups is 1. The first-order valence-electron chi connectivity index (χ1n) is 5.98. The third-order valence-corrected chi connectivity index (χ3v) is 2.38. The van der Waals surface area contributed by atoms with Crippen LogP contribution >= 0.6 is 0 Å². The predicted octanol–water partition coefficient (Wildman–Crippen LogP) is 1.08. The van der Waals surface area contributed by atoms with E-state index in [1.54, 1.807) is 26.2 Å². The number of rotatable bonds is 6. The summed E-state index contributed by atoms with van der Waals surface area (Å²) in [6.45, 7) is 2.88. The van der Waals surface area contributed by atoms with Gasteiger partial charge in [0.15, 0.2) is 5.82 Å². The van der Waals surface area contributed by atoms with E-state index in [1.807, 2.05) is 0 Å². The Balaban J connectivity index is 2.00. The minimum atomic E-state index is -0.379. The molecular formula is C12H15N5O3. The third kappa shape index (κ3) is 3.75. The van der Waals surface area contributed by atoms with Crippen molar-refractivity contribution in [3.63, 3.8) is 0 Å². The van der Waals surface area contributed by atoms with Gasteiger partial charge in [0.1, 0.15) is 23.6 Å². The number of aromatic nitrogens is 3. The number of carbonyl (C=O) groups excluding carboxylic acids is 1. The maximum absolute atomic E-state index is 12.0. The Kier molecular flexibility index (Phi) is 4.61. The topological polar surface area (TPSA) is 102 Å². The quantitative estimate of drug-likeness (QED) is 0.762. The van der Waals surface area contributed by atoms with E-state index in [1.165, 1.54) is 6.33 Å². The second-order valence-electron chi connectivity index (χ2n) is 3.98. The first-order chi connectivity index (χ1) is 9.69. The van der Waals surface area contributed by atoms with Crippen LogP contribution in [0.15, 0.2) is 23.0 Å². The summed E-state index contributed by atoms with van der Waals surface area (Å²) in [7, 11) is 1.61. The zero-order chi connectivity index (χ0) is 14.4. The molecule has 0 radical (unpaired) electrons. The Morgan fingerprint density at radius 2 is 2.20 bits per heavy atom. The summed E-state index contributed by atoms with van der Waals surface area (Å²) in [5.41, 5.74) is 0.237. The Morgan fingerprint density at radius 1 is 1.35 bits per heavy atom. The van der Waals surface area contributed by atoms with Crippen molar-refractivity contribution in [2.75, 3.05) is 30.9 Å². The van der Waals surface area contributed by atoms with Crippen LogP contribution in [0.1, 0.15) is 16.2 Å². The molecule has 0 saturated heterocycles. The molecule has 0 aliphatic heterocycles. The summed E-state index contributed by atoms with van der Waals surface area (Å²) in [5.74, 6) is 1.14. The Labute approximate surface area is 115 Å². The number of ether oxygens (including phenoxy) is 1. The molecule has 0 aliphatic carbocycles. The van der Waals surface area contributed by atoms with Gasteiger partial charge in [-0.05, 0) is 6.92 Å². The fourth-order valence-corrected chi connectivity index (χ4v) is 1.46. The minimum Gasteiger partial charge on any atom is -0.383 e. The standard InChI is InChI=1S/C12H15N5O3/c1-8-5-11(17-20-8)16-12(18)9-6-10(15-7-14-9)13-3-4-19-2/h5-7H,3-4H2,1-2H3,(H,13,14,15)(H,16,17,18). The van der Waals surface area contributed by atoms with E-state index < -0.39 is 0 Å². The molecule has 0 unspecified atom stereocenters. The van der Waals surface area contributed by atoms with Crippen molar-refractivity contribution in [2.24, 2.45) is 0 Å².